The molecule has 3 aromatic rings. The van der Waals surface area contributed by atoms with Crippen molar-refractivity contribution in [1.29, 1.82) is 5.26 Å². The minimum Gasteiger partial charge on any atom is -0.383 e. The van der Waals surface area contributed by atoms with E-state index in [1.54, 1.807) is 31.6 Å². The Morgan fingerprint density at radius 2 is 1.89 bits per heavy atom. The maximum atomic E-state index is 12.3. The number of hydrogen-bond donors (Lipinski definition) is 0. The van der Waals surface area contributed by atoms with Crippen molar-refractivity contribution >= 4 is 11.8 Å². The molecule has 0 aromatic carbocycles. The van der Waals surface area contributed by atoms with Crippen LogP contribution in [0.1, 0.15) is 5.56 Å². The van der Waals surface area contributed by atoms with Gasteiger partial charge in [-0.3, -0.25) is 23.5 Å². The van der Waals surface area contributed by atoms with Gasteiger partial charge in [-0.25, -0.2) is 4.79 Å². The van der Waals surface area contributed by atoms with Crippen LogP contribution < -0.4 is 11.2 Å². The Labute approximate surface area is 164 Å². The lowest BCUT2D eigenvalue weighted by Crippen LogP contribution is -2.39. The molecule has 0 radical (unpaired) electrons. The molecule has 0 amide bonds. The van der Waals surface area contributed by atoms with Crippen LogP contribution >= 0.6 is 11.8 Å². The van der Waals surface area contributed by atoms with E-state index in [2.05, 4.69) is 15.2 Å². The first kappa shape index (κ1) is 19.5. The van der Waals surface area contributed by atoms with Crippen molar-refractivity contribution < 1.29 is 4.74 Å². The molecule has 0 saturated heterocycles. The number of methoxy groups -OCH3 is 1. The summed E-state index contributed by atoms with van der Waals surface area (Å²) < 4.78 is 9.15. The highest BCUT2D eigenvalue weighted by Crippen LogP contribution is 2.29. The zero-order chi connectivity index (χ0) is 20.3. The van der Waals surface area contributed by atoms with Crippen molar-refractivity contribution in [2.75, 3.05) is 13.7 Å². The van der Waals surface area contributed by atoms with E-state index in [9.17, 15) is 14.9 Å². The third kappa shape index (κ3) is 3.47. The topological polar surface area (TPSA) is 121 Å². The van der Waals surface area contributed by atoms with Crippen molar-refractivity contribution in [2.24, 2.45) is 14.1 Å². The molecule has 3 rings (SSSR count). The predicted molar refractivity (Wildman–Crippen MR) is 101 cm³/mol. The van der Waals surface area contributed by atoms with E-state index in [-0.39, 0.29) is 10.6 Å². The van der Waals surface area contributed by atoms with Crippen molar-refractivity contribution in [2.45, 2.75) is 16.7 Å². The van der Waals surface area contributed by atoms with Gasteiger partial charge in [0.15, 0.2) is 11.0 Å². The number of pyridine rings is 1. The van der Waals surface area contributed by atoms with Gasteiger partial charge in [0, 0.05) is 39.2 Å². The fraction of sp³-hybridized carbons (Fsp3) is 0.294. The summed E-state index contributed by atoms with van der Waals surface area (Å²) in [5.41, 5.74) is -0.487. The molecule has 3 heterocycles. The van der Waals surface area contributed by atoms with E-state index in [4.69, 9.17) is 4.74 Å². The van der Waals surface area contributed by atoms with Gasteiger partial charge in [0.2, 0.25) is 0 Å². The van der Waals surface area contributed by atoms with E-state index >= 15 is 0 Å². The fourth-order valence-electron chi connectivity index (χ4n) is 2.59. The normalized spacial score (nSPS) is 10.8. The van der Waals surface area contributed by atoms with E-state index in [1.165, 1.54) is 18.7 Å². The molecule has 0 aliphatic heterocycles. The van der Waals surface area contributed by atoms with E-state index in [0.717, 1.165) is 21.9 Å². The Hall–Kier alpha value is -3.23. The first-order valence-corrected chi connectivity index (χ1v) is 9.01. The van der Waals surface area contributed by atoms with Crippen LogP contribution in [0, 0.1) is 11.3 Å². The molecule has 11 heteroatoms. The van der Waals surface area contributed by atoms with Crippen LogP contribution in [0.2, 0.25) is 0 Å². The van der Waals surface area contributed by atoms with Crippen LogP contribution in [-0.4, -0.2) is 42.6 Å². The van der Waals surface area contributed by atoms with Gasteiger partial charge in [-0.1, -0.05) is 0 Å². The molecule has 0 bridgehead atoms. The van der Waals surface area contributed by atoms with Crippen LogP contribution in [0.15, 0.2) is 44.3 Å². The molecule has 0 aliphatic rings. The number of aromatic nitrogens is 6. The van der Waals surface area contributed by atoms with Gasteiger partial charge in [0.1, 0.15) is 16.7 Å². The van der Waals surface area contributed by atoms with Gasteiger partial charge < -0.3 is 4.74 Å². The summed E-state index contributed by atoms with van der Waals surface area (Å²) in [5, 5.41) is 18.5. The molecular weight excluding hydrogens is 382 g/mol. The number of rotatable bonds is 6. The summed E-state index contributed by atoms with van der Waals surface area (Å²) in [7, 11) is 4.43. The van der Waals surface area contributed by atoms with E-state index in [0.29, 0.717) is 24.1 Å². The first-order valence-electron chi connectivity index (χ1n) is 8.20. The largest absolute Gasteiger partial charge is 0.383 e. The molecule has 0 N–H and O–H groups in total. The smallest absolute Gasteiger partial charge is 0.331 e. The second kappa shape index (κ2) is 8.20. The quantitative estimate of drug-likeness (QED) is 0.547. The zero-order valence-corrected chi connectivity index (χ0v) is 16.3. The second-order valence-electron chi connectivity index (χ2n) is 5.79. The lowest BCUT2D eigenvalue weighted by atomic mass is 10.2. The summed E-state index contributed by atoms with van der Waals surface area (Å²) in [6.45, 7) is 0.856. The highest BCUT2D eigenvalue weighted by molar-refractivity contribution is 7.99. The lowest BCUT2D eigenvalue weighted by Gasteiger charge is -2.12. The van der Waals surface area contributed by atoms with Gasteiger partial charge in [-0.15, -0.1) is 10.2 Å². The minimum absolute atomic E-state index is 0.124. The summed E-state index contributed by atoms with van der Waals surface area (Å²) in [4.78, 5) is 28.6. The summed E-state index contributed by atoms with van der Waals surface area (Å²) in [6.07, 6.45) is 3.30. The number of nitriles is 1. The average molecular weight is 399 g/mol. The Kier molecular flexibility index (Phi) is 5.72. The SMILES string of the molecule is COCCn1c(Sc2c(C#N)c(=O)n(C)c(=O)n2C)nnc1-c1ccncc1. The molecular formula is C17H17N7O3S. The molecule has 0 aliphatic carbocycles. The van der Waals surface area contributed by atoms with Gasteiger partial charge in [0.05, 0.1) is 13.2 Å². The van der Waals surface area contributed by atoms with Crippen LogP contribution in [0.25, 0.3) is 11.4 Å². The molecule has 0 saturated carbocycles. The van der Waals surface area contributed by atoms with Crippen molar-refractivity contribution in [1.82, 2.24) is 28.9 Å². The standard InChI is InChI=1S/C17H17N7O3S/c1-22-14(25)12(10-18)15(23(2)17(22)26)28-16-21-20-13(24(16)8-9-27-3)11-4-6-19-7-5-11/h4-7H,8-9H2,1-3H3. The summed E-state index contributed by atoms with van der Waals surface area (Å²) in [6, 6.07) is 5.49. The van der Waals surface area contributed by atoms with Crippen LogP contribution in [-0.2, 0) is 25.4 Å². The molecule has 28 heavy (non-hydrogen) atoms. The highest BCUT2D eigenvalue weighted by atomic mass is 32.2. The number of nitrogens with zero attached hydrogens (tertiary/aromatic N) is 7. The molecule has 0 atom stereocenters. The third-order valence-electron chi connectivity index (χ3n) is 4.09. The number of ether oxygens (including phenoxy) is 1. The third-order valence-corrected chi connectivity index (χ3v) is 5.24. The molecule has 10 nitrogen and oxygen atoms in total. The van der Waals surface area contributed by atoms with Gasteiger partial charge in [0.25, 0.3) is 5.56 Å². The summed E-state index contributed by atoms with van der Waals surface area (Å²) >= 11 is 1.04. The monoisotopic (exact) mass is 399 g/mol. The highest BCUT2D eigenvalue weighted by Gasteiger charge is 2.21. The van der Waals surface area contributed by atoms with Crippen LogP contribution in [0.4, 0.5) is 0 Å². The van der Waals surface area contributed by atoms with Crippen molar-refractivity contribution in [3.8, 4) is 17.5 Å². The lowest BCUT2D eigenvalue weighted by molar-refractivity contribution is 0.185. The molecule has 0 spiro atoms. The van der Waals surface area contributed by atoms with Crippen LogP contribution in [0.5, 0.6) is 0 Å². The Bertz CT molecular complexity index is 1160. The molecule has 0 fully saturated rings. The average Bonchev–Trinajstić information content (AvgIpc) is 3.12. The minimum atomic E-state index is -0.648. The molecule has 3 aromatic heterocycles. The Morgan fingerprint density at radius 3 is 2.54 bits per heavy atom. The summed E-state index contributed by atoms with van der Waals surface area (Å²) in [5.74, 6) is 0.592. The number of hydrogen-bond acceptors (Lipinski definition) is 8. The predicted octanol–water partition coefficient (Wildman–Crippen LogP) is 0.407. The van der Waals surface area contributed by atoms with Gasteiger partial charge in [-0.2, -0.15) is 5.26 Å². The maximum absolute atomic E-state index is 12.3. The maximum Gasteiger partial charge on any atom is 0.331 e. The van der Waals surface area contributed by atoms with Gasteiger partial charge in [-0.05, 0) is 23.9 Å². The van der Waals surface area contributed by atoms with Crippen molar-refractivity contribution in [3.63, 3.8) is 0 Å². The van der Waals surface area contributed by atoms with E-state index in [1.807, 2.05) is 10.6 Å². The van der Waals surface area contributed by atoms with Crippen molar-refractivity contribution in [3.05, 3.63) is 50.9 Å². The Balaban J connectivity index is 2.14. The zero-order valence-electron chi connectivity index (χ0n) is 15.5. The molecule has 0 unspecified atom stereocenters. The van der Waals surface area contributed by atoms with Gasteiger partial charge >= 0.3 is 5.69 Å². The first-order chi connectivity index (χ1) is 13.5. The van der Waals surface area contributed by atoms with E-state index < -0.39 is 11.2 Å². The Morgan fingerprint density at radius 1 is 1.18 bits per heavy atom. The fourth-order valence-corrected chi connectivity index (χ4v) is 3.58. The second-order valence-corrected chi connectivity index (χ2v) is 6.74. The van der Waals surface area contributed by atoms with Crippen LogP contribution in [0.3, 0.4) is 0 Å². The molecule has 144 valence electrons.